The quantitative estimate of drug-likeness (QED) is 0.701. The number of rotatable bonds is 7. The Morgan fingerprint density at radius 2 is 2.11 bits per heavy atom. The summed E-state index contributed by atoms with van der Waals surface area (Å²) in [5.74, 6) is -0.292. The van der Waals surface area contributed by atoms with Crippen LogP contribution < -0.4 is 15.4 Å². The van der Waals surface area contributed by atoms with E-state index < -0.39 is 17.4 Å². The van der Waals surface area contributed by atoms with Crippen molar-refractivity contribution in [3.8, 4) is 5.75 Å². The molecule has 0 saturated heterocycles. The lowest BCUT2D eigenvalue weighted by Gasteiger charge is -2.32. The fourth-order valence-corrected chi connectivity index (χ4v) is 3.89. The minimum Gasteiger partial charge on any atom is -0.466 e. The fraction of sp³-hybridized carbons (Fsp3) is 0.474. The van der Waals surface area contributed by atoms with E-state index in [0.717, 1.165) is 30.7 Å². The SMILES string of the molecule is CCCCC(CC)c1nnc(NC(=O)C2(C)Oc3ccccc3NC2=O)s1. The first kappa shape index (κ1) is 19.3. The summed E-state index contributed by atoms with van der Waals surface area (Å²) in [7, 11) is 0. The molecule has 2 atom stereocenters. The average Bonchev–Trinajstić information content (AvgIpc) is 3.11. The van der Waals surface area contributed by atoms with Crippen molar-refractivity contribution in [1.82, 2.24) is 10.2 Å². The molecule has 27 heavy (non-hydrogen) atoms. The number of aromatic nitrogens is 2. The predicted octanol–water partition coefficient (Wildman–Crippen LogP) is 3.95. The lowest BCUT2D eigenvalue weighted by molar-refractivity contribution is -0.143. The Balaban J connectivity index is 1.73. The van der Waals surface area contributed by atoms with Crippen LogP contribution in [0.5, 0.6) is 5.75 Å². The van der Waals surface area contributed by atoms with Crippen molar-refractivity contribution in [3.63, 3.8) is 0 Å². The van der Waals surface area contributed by atoms with Gasteiger partial charge in [0.2, 0.25) is 5.13 Å². The number of nitrogens with one attached hydrogen (secondary N) is 2. The number of carbonyl (C=O) groups is 2. The lowest BCUT2D eigenvalue weighted by Crippen LogP contribution is -2.56. The molecule has 2 amide bonds. The molecule has 0 radical (unpaired) electrons. The van der Waals surface area contributed by atoms with Crippen molar-refractivity contribution in [3.05, 3.63) is 29.3 Å². The molecular formula is C19H24N4O3S. The second-order valence-electron chi connectivity index (χ2n) is 6.73. The third-order valence-corrected chi connectivity index (χ3v) is 5.73. The summed E-state index contributed by atoms with van der Waals surface area (Å²) in [6.45, 7) is 5.73. The number of amides is 2. The maximum atomic E-state index is 12.8. The van der Waals surface area contributed by atoms with Crippen molar-refractivity contribution in [2.24, 2.45) is 0 Å². The van der Waals surface area contributed by atoms with Crippen LogP contribution in [0.1, 0.15) is 57.4 Å². The average molecular weight is 388 g/mol. The van der Waals surface area contributed by atoms with Gasteiger partial charge in [-0.3, -0.25) is 14.9 Å². The molecule has 1 aromatic heterocycles. The molecule has 2 heterocycles. The normalized spacial score (nSPS) is 19.6. The van der Waals surface area contributed by atoms with Gasteiger partial charge in [-0.05, 0) is 31.9 Å². The van der Waals surface area contributed by atoms with Crippen molar-refractivity contribution in [2.45, 2.75) is 58.0 Å². The number of fused-ring (bicyclic) bond motifs is 1. The Morgan fingerprint density at radius 1 is 1.33 bits per heavy atom. The summed E-state index contributed by atoms with van der Waals surface area (Å²) < 4.78 is 5.73. The summed E-state index contributed by atoms with van der Waals surface area (Å²) in [5, 5.41) is 15.0. The van der Waals surface area contributed by atoms with Crippen LogP contribution in [0, 0.1) is 0 Å². The molecule has 8 heteroatoms. The van der Waals surface area contributed by atoms with Gasteiger partial charge in [0.05, 0.1) is 5.69 Å². The third kappa shape index (κ3) is 3.95. The molecule has 144 valence electrons. The maximum Gasteiger partial charge on any atom is 0.280 e. The van der Waals surface area contributed by atoms with E-state index in [4.69, 9.17) is 4.74 Å². The van der Waals surface area contributed by atoms with Crippen LogP contribution in [0.4, 0.5) is 10.8 Å². The number of hydrogen-bond acceptors (Lipinski definition) is 6. The fourth-order valence-electron chi connectivity index (χ4n) is 2.94. The molecule has 0 spiro atoms. The maximum absolute atomic E-state index is 12.8. The highest BCUT2D eigenvalue weighted by Gasteiger charge is 2.47. The second kappa shape index (κ2) is 8.04. The number of anilines is 2. The number of para-hydroxylation sites is 2. The van der Waals surface area contributed by atoms with Crippen molar-refractivity contribution in [1.29, 1.82) is 0 Å². The standard InChI is InChI=1S/C19H24N4O3S/c1-4-6-9-12(5-2)15-22-23-18(27-15)21-17(25)19(3)16(24)20-13-10-7-8-11-14(13)26-19/h7-8,10-12H,4-6,9H2,1-3H3,(H,20,24)(H,21,23,25). The monoisotopic (exact) mass is 388 g/mol. The van der Waals surface area contributed by atoms with Crippen LogP contribution in [0.15, 0.2) is 24.3 Å². The first-order chi connectivity index (χ1) is 13.0. The van der Waals surface area contributed by atoms with E-state index in [1.807, 2.05) is 0 Å². The summed E-state index contributed by atoms with van der Waals surface area (Å²) in [6, 6.07) is 7.01. The van der Waals surface area contributed by atoms with E-state index in [-0.39, 0.29) is 0 Å². The first-order valence-corrected chi connectivity index (χ1v) is 10.0. The van der Waals surface area contributed by atoms with E-state index in [0.29, 0.717) is 22.5 Å². The molecule has 0 bridgehead atoms. The Labute approximate surface area is 162 Å². The van der Waals surface area contributed by atoms with Crippen LogP contribution in [0.3, 0.4) is 0 Å². The summed E-state index contributed by atoms with van der Waals surface area (Å²) in [5.41, 5.74) is -1.13. The van der Waals surface area contributed by atoms with E-state index in [2.05, 4.69) is 34.7 Å². The van der Waals surface area contributed by atoms with Crippen LogP contribution in [-0.4, -0.2) is 27.6 Å². The molecule has 2 aromatic rings. The number of benzene rings is 1. The lowest BCUT2D eigenvalue weighted by atomic mass is 10.0. The highest BCUT2D eigenvalue weighted by molar-refractivity contribution is 7.15. The zero-order chi connectivity index (χ0) is 19.4. The van der Waals surface area contributed by atoms with E-state index in [9.17, 15) is 9.59 Å². The van der Waals surface area contributed by atoms with Crippen LogP contribution >= 0.6 is 11.3 Å². The molecule has 1 aliphatic heterocycles. The predicted molar refractivity (Wildman–Crippen MR) is 105 cm³/mol. The smallest absolute Gasteiger partial charge is 0.280 e. The highest BCUT2D eigenvalue weighted by atomic mass is 32.1. The molecule has 2 N–H and O–H groups in total. The number of carbonyl (C=O) groups excluding carboxylic acids is 2. The molecule has 0 fully saturated rings. The molecule has 0 aliphatic carbocycles. The molecule has 0 saturated carbocycles. The molecular weight excluding hydrogens is 364 g/mol. The Hall–Kier alpha value is -2.48. The third-order valence-electron chi connectivity index (χ3n) is 4.73. The summed E-state index contributed by atoms with van der Waals surface area (Å²) in [6.07, 6.45) is 4.29. The molecule has 1 aliphatic rings. The van der Waals surface area contributed by atoms with E-state index >= 15 is 0 Å². The molecule has 3 rings (SSSR count). The molecule has 2 unspecified atom stereocenters. The van der Waals surface area contributed by atoms with Gasteiger partial charge in [0, 0.05) is 5.92 Å². The van der Waals surface area contributed by atoms with E-state index in [1.54, 1.807) is 24.3 Å². The Kier molecular flexibility index (Phi) is 5.74. The number of hydrogen-bond donors (Lipinski definition) is 2. The Morgan fingerprint density at radius 3 is 2.85 bits per heavy atom. The van der Waals surface area contributed by atoms with Crippen molar-refractivity contribution < 1.29 is 14.3 Å². The minimum atomic E-state index is -1.67. The largest absolute Gasteiger partial charge is 0.466 e. The summed E-state index contributed by atoms with van der Waals surface area (Å²) >= 11 is 1.35. The van der Waals surface area contributed by atoms with Gasteiger partial charge < -0.3 is 10.1 Å². The van der Waals surface area contributed by atoms with Gasteiger partial charge >= 0.3 is 0 Å². The van der Waals surface area contributed by atoms with Gasteiger partial charge in [0.25, 0.3) is 17.4 Å². The Bertz CT molecular complexity index is 838. The number of ether oxygens (including phenoxy) is 1. The number of nitrogens with zero attached hydrogens (tertiary/aromatic N) is 2. The van der Waals surface area contributed by atoms with Gasteiger partial charge in [0.15, 0.2) is 0 Å². The zero-order valence-corrected chi connectivity index (χ0v) is 16.6. The topological polar surface area (TPSA) is 93.2 Å². The second-order valence-corrected chi connectivity index (χ2v) is 7.74. The molecule has 7 nitrogen and oxygen atoms in total. The minimum absolute atomic E-state index is 0.338. The summed E-state index contributed by atoms with van der Waals surface area (Å²) in [4.78, 5) is 25.2. The van der Waals surface area contributed by atoms with Crippen molar-refractivity contribution in [2.75, 3.05) is 10.6 Å². The van der Waals surface area contributed by atoms with Crippen LogP contribution in [-0.2, 0) is 9.59 Å². The van der Waals surface area contributed by atoms with Crippen LogP contribution in [0.25, 0.3) is 0 Å². The number of unbranched alkanes of at least 4 members (excludes halogenated alkanes) is 1. The van der Waals surface area contributed by atoms with Crippen molar-refractivity contribution >= 4 is 34.0 Å². The van der Waals surface area contributed by atoms with Gasteiger partial charge in [0.1, 0.15) is 10.8 Å². The van der Waals surface area contributed by atoms with Gasteiger partial charge in [-0.15, -0.1) is 10.2 Å². The zero-order valence-electron chi connectivity index (χ0n) is 15.7. The van der Waals surface area contributed by atoms with Crippen LogP contribution in [0.2, 0.25) is 0 Å². The van der Waals surface area contributed by atoms with Gasteiger partial charge in [-0.2, -0.15) is 0 Å². The highest BCUT2D eigenvalue weighted by Crippen LogP contribution is 2.34. The van der Waals surface area contributed by atoms with E-state index in [1.165, 1.54) is 18.3 Å². The van der Waals surface area contributed by atoms with Gasteiger partial charge in [-0.1, -0.05) is 50.2 Å². The first-order valence-electron chi connectivity index (χ1n) is 9.22. The molecule has 1 aromatic carbocycles. The van der Waals surface area contributed by atoms with Gasteiger partial charge in [-0.25, -0.2) is 0 Å².